The molecular formula is C22H34N2O2. The molecule has 3 aliphatic carbocycles. The third-order valence-electron chi connectivity index (χ3n) is 6.35. The second-order valence-electron chi connectivity index (χ2n) is 8.34. The minimum atomic E-state index is 0.0988. The zero-order chi connectivity index (χ0) is 18.2. The average molecular weight is 359 g/mol. The van der Waals surface area contributed by atoms with Gasteiger partial charge >= 0.3 is 0 Å². The zero-order valence-corrected chi connectivity index (χ0v) is 15.9. The molecule has 3 rings (SSSR count). The minimum absolute atomic E-state index is 0.0988. The summed E-state index contributed by atoms with van der Waals surface area (Å²) in [6.45, 7) is 1.61. The summed E-state index contributed by atoms with van der Waals surface area (Å²) in [6, 6.07) is 0. The summed E-state index contributed by atoms with van der Waals surface area (Å²) in [6.07, 6.45) is 19.1. The van der Waals surface area contributed by atoms with Crippen LogP contribution in [0.2, 0.25) is 0 Å². The van der Waals surface area contributed by atoms with E-state index < -0.39 is 0 Å². The average Bonchev–Trinajstić information content (AvgIpc) is 2.72. The summed E-state index contributed by atoms with van der Waals surface area (Å²) >= 11 is 0. The maximum absolute atomic E-state index is 12.4. The molecule has 4 heteroatoms. The summed E-state index contributed by atoms with van der Waals surface area (Å²) < 4.78 is 0. The van der Waals surface area contributed by atoms with Gasteiger partial charge in [-0.3, -0.25) is 9.59 Å². The lowest BCUT2D eigenvalue weighted by atomic mass is 9.81. The van der Waals surface area contributed by atoms with Crippen molar-refractivity contribution in [2.24, 2.45) is 23.7 Å². The lowest BCUT2D eigenvalue weighted by Gasteiger charge is -2.28. The summed E-state index contributed by atoms with van der Waals surface area (Å²) in [4.78, 5) is 24.8. The van der Waals surface area contributed by atoms with Crippen molar-refractivity contribution in [3.63, 3.8) is 0 Å². The molecule has 0 saturated heterocycles. The van der Waals surface area contributed by atoms with E-state index in [1.165, 1.54) is 12.8 Å². The van der Waals surface area contributed by atoms with Crippen LogP contribution in [0.1, 0.15) is 64.2 Å². The smallest absolute Gasteiger partial charge is 0.223 e. The van der Waals surface area contributed by atoms with E-state index in [2.05, 4.69) is 34.9 Å². The van der Waals surface area contributed by atoms with Crippen LogP contribution in [0.15, 0.2) is 24.3 Å². The Morgan fingerprint density at radius 3 is 1.42 bits per heavy atom. The van der Waals surface area contributed by atoms with Crippen molar-refractivity contribution < 1.29 is 9.59 Å². The van der Waals surface area contributed by atoms with Crippen LogP contribution in [0.3, 0.4) is 0 Å². The van der Waals surface area contributed by atoms with Crippen molar-refractivity contribution in [2.45, 2.75) is 64.2 Å². The number of carbonyl (C=O) groups is 2. The van der Waals surface area contributed by atoms with Crippen molar-refractivity contribution in [1.29, 1.82) is 0 Å². The molecule has 0 radical (unpaired) electrons. The maximum atomic E-state index is 12.4. The first-order valence-corrected chi connectivity index (χ1v) is 10.6. The summed E-state index contributed by atoms with van der Waals surface area (Å²) in [7, 11) is 0. The quantitative estimate of drug-likeness (QED) is 0.711. The molecule has 0 spiro atoms. The SMILES string of the molecule is O=C(NCC1CC=CCC1)C1CCC(C(=O)NCC2CC=CCC2)CC1. The van der Waals surface area contributed by atoms with E-state index >= 15 is 0 Å². The molecule has 1 saturated carbocycles. The Bertz CT molecular complexity index is 484. The molecule has 2 unspecified atom stereocenters. The Kier molecular flexibility index (Phi) is 7.33. The van der Waals surface area contributed by atoms with Crippen LogP contribution >= 0.6 is 0 Å². The third kappa shape index (κ3) is 5.72. The van der Waals surface area contributed by atoms with Gasteiger partial charge in [0.05, 0.1) is 0 Å². The Morgan fingerprint density at radius 2 is 1.08 bits per heavy atom. The summed E-state index contributed by atoms with van der Waals surface area (Å²) in [5.41, 5.74) is 0. The molecule has 144 valence electrons. The molecule has 2 N–H and O–H groups in total. The Labute approximate surface area is 157 Å². The van der Waals surface area contributed by atoms with Crippen LogP contribution in [-0.2, 0) is 9.59 Å². The topological polar surface area (TPSA) is 58.2 Å². The molecule has 3 aliphatic rings. The third-order valence-corrected chi connectivity index (χ3v) is 6.35. The predicted octanol–water partition coefficient (Wildman–Crippen LogP) is 3.74. The fraction of sp³-hybridized carbons (Fsp3) is 0.727. The van der Waals surface area contributed by atoms with E-state index in [-0.39, 0.29) is 23.7 Å². The highest BCUT2D eigenvalue weighted by molar-refractivity contribution is 5.81. The lowest BCUT2D eigenvalue weighted by Crippen LogP contribution is -2.40. The van der Waals surface area contributed by atoms with Gasteiger partial charge in [-0.25, -0.2) is 0 Å². The zero-order valence-electron chi connectivity index (χ0n) is 15.9. The van der Waals surface area contributed by atoms with Crippen LogP contribution in [0.25, 0.3) is 0 Å². The van der Waals surface area contributed by atoms with Gasteiger partial charge in [0.2, 0.25) is 11.8 Å². The number of carbonyl (C=O) groups excluding carboxylic acids is 2. The highest BCUT2D eigenvalue weighted by Gasteiger charge is 2.30. The number of rotatable bonds is 6. The van der Waals surface area contributed by atoms with Crippen LogP contribution in [0.4, 0.5) is 0 Å². The van der Waals surface area contributed by atoms with Crippen molar-refractivity contribution in [3.05, 3.63) is 24.3 Å². The second kappa shape index (κ2) is 9.94. The second-order valence-corrected chi connectivity index (χ2v) is 8.34. The molecular weight excluding hydrogens is 324 g/mol. The Balaban J connectivity index is 1.32. The van der Waals surface area contributed by atoms with Gasteiger partial charge in [-0.1, -0.05) is 24.3 Å². The molecule has 2 atom stereocenters. The van der Waals surface area contributed by atoms with E-state index in [4.69, 9.17) is 0 Å². The molecule has 4 nitrogen and oxygen atoms in total. The monoisotopic (exact) mass is 358 g/mol. The largest absolute Gasteiger partial charge is 0.356 e. The first-order valence-electron chi connectivity index (χ1n) is 10.6. The van der Waals surface area contributed by atoms with Gasteiger partial charge in [-0.05, 0) is 76.0 Å². The highest BCUT2D eigenvalue weighted by Crippen LogP contribution is 2.29. The van der Waals surface area contributed by atoms with Gasteiger partial charge in [0, 0.05) is 24.9 Å². The molecule has 0 heterocycles. The summed E-state index contributed by atoms with van der Waals surface area (Å²) in [5.74, 6) is 1.80. The molecule has 0 bridgehead atoms. The molecule has 0 aromatic carbocycles. The number of amides is 2. The van der Waals surface area contributed by atoms with E-state index in [1.807, 2.05) is 0 Å². The first kappa shape index (κ1) is 19.2. The Morgan fingerprint density at radius 1 is 0.654 bits per heavy atom. The number of allylic oxidation sites excluding steroid dienone is 4. The van der Waals surface area contributed by atoms with Gasteiger partial charge in [-0.15, -0.1) is 0 Å². The molecule has 0 aromatic heterocycles. The standard InChI is InChI=1S/C22H34N2O2/c25-21(23-15-17-7-3-1-4-8-17)19-11-13-20(14-12-19)22(26)24-16-18-9-5-2-6-10-18/h1-3,5,17-20H,4,6-16H2,(H,23,25)(H,24,26). The number of hydrogen-bond acceptors (Lipinski definition) is 2. The molecule has 26 heavy (non-hydrogen) atoms. The lowest BCUT2D eigenvalue weighted by molar-refractivity contribution is -0.130. The van der Waals surface area contributed by atoms with Crippen LogP contribution in [-0.4, -0.2) is 24.9 Å². The first-order chi connectivity index (χ1) is 12.7. The van der Waals surface area contributed by atoms with Gasteiger partial charge in [0.1, 0.15) is 0 Å². The molecule has 0 aliphatic heterocycles. The molecule has 1 fully saturated rings. The van der Waals surface area contributed by atoms with Crippen molar-refractivity contribution >= 4 is 11.8 Å². The van der Waals surface area contributed by atoms with Crippen molar-refractivity contribution in [3.8, 4) is 0 Å². The highest BCUT2D eigenvalue weighted by atomic mass is 16.2. The fourth-order valence-corrected chi connectivity index (χ4v) is 4.48. The van der Waals surface area contributed by atoms with Crippen LogP contribution in [0.5, 0.6) is 0 Å². The molecule has 2 amide bonds. The fourth-order valence-electron chi connectivity index (χ4n) is 4.48. The Hall–Kier alpha value is -1.58. The van der Waals surface area contributed by atoms with Crippen molar-refractivity contribution in [2.75, 3.05) is 13.1 Å². The van der Waals surface area contributed by atoms with E-state index in [0.717, 1.165) is 64.5 Å². The molecule has 0 aromatic rings. The van der Waals surface area contributed by atoms with Crippen molar-refractivity contribution in [1.82, 2.24) is 10.6 Å². The summed E-state index contributed by atoms with van der Waals surface area (Å²) in [5, 5.41) is 6.31. The van der Waals surface area contributed by atoms with E-state index in [9.17, 15) is 9.59 Å². The van der Waals surface area contributed by atoms with Crippen LogP contribution in [0, 0.1) is 23.7 Å². The number of nitrogens with one attached hydrogen (secondary N) is 2. The van der Waals surface area contributed by atoms with Gasteiger partial charge in [-0.2, -0.15) is 0 Å². The number of hydrogen-bond donors (Lipinski definition) is 2. The van der Waals surface area contributed by atoms with E-state index in [1.54, 1.807) is 0 Å². The van der Waals surface area contributed by atoms with E-state index in [0.29, 0.717) is 11.8 Å². The maximum Gasteiger partial charge on any atom is 0.223 e. The predicted molar refractivity (Wildman–Crippen MR) is 104 cm³/mol. The normalized spacial score (nSPS) is 31.4. The van der Waals surface area contributed by atoms with Gasteiger partial charge < -0.3 is 10.6 Å². The van der Waals surface area contributed by atoms with Crippen LogP contribution < -0.4 is 10.6 Å². The van der Waals surface area contributed by atoms with Gasteiger partial charge in [0.15, 0.2) is 0 Å². The minimum Gasteiger partial charge on any atom is -0.356 e. The van der Waals surface area contributed by atoms with Gasteiger partial charge in [0.25, 0.3) is 0 Å².